The summed E-state index contributed by atoms with van der Waals surface area (Å²) in [5.74, 6) is 0.226. The first-order valence-corrected chi connectivity index (χ1v) is 12.7. The van der Waals surface area contributed by atoms with Crippen LogP contribution in [0, 0.1) is 12.7 Å². The van der Waals surface area contributed by atoms with Crippen LogP contribution in [0.1, 0.15) is 59.7 Å². The van der Waals surface area contributed by atoms with E-state index >= 15 is 0 Å². The summed E-state index contributed by atoms with van der Waals surface area (Å²) in [6.45, 7) is 4.80. The quantitative estimate of drug-likeness (QED) is 0.487. The molecule has 2 aliphatic heterocycles. The van der Waals surface area contributed by atoms with Gasteiger partial charge in [-0.15, -0.1) is 0 Å². The zero-order valence-electron chi connectivity index (χ0n) is 20.4. The van der Waals surface area contributed by atoms with E-state index in [1.54, 1.807) is 0 Å². The Balaban J connectivity index is 1.35. The molecule has 0 radical (unpaired) electrons. The first kappa shape index (κ1) is 23.7. The van der Waals surface area contributed by atoms with Crippen molar-refractivity contribution in [3.8, 4) is 0 Å². The highest BCUT2D eigenvalue weighted by Crippen LogP contribution is 2.39. The molecule has 0 saturated carbocycles. The van der Waals surface area contributed by atoms with E-state index in [1.807, 2.05) is 18.2 Å². The second-order valence-electron chi connectivity index (χ2n) is 10.0. The zero-order valence-corrected chi connectivity index (χ0v) is 20.4. The van der Waals surface area contributed by atoms with Crippen LogP contribution in [0.4, 0.5) is 4.39 Å². The summed E-state index contributed by atoms with van der Waals surface area (Å²) in [7, 11) is 0. The molecule has 182 valence electrons. The Morgan fingerprint density at radius 2 is 1.86 bits per heavy atom. The van der Waals surface area contributed by atoms with E-state index in [0.717, 1.165) is 54.7 Å². The number of carbonyl (C=O) groups excluding carboxylic acids is 1. The summed E-state index contributed by atoms with van der Waals surface area (Å²) in [6.07, 6.45) is 4.11. The molecule has 1 amide bonds. The highest BCUT2D eigenvalue weighted by Gasteiger charge is 2.45. The van der Waals surface area contributed by atoms with Crippen LogP contribution in [0.2, 0.25) is 0 Å². The maximum absolute atomic E-state index is 14.1. The topological polar surface area (TPSA) is 42.4 Å². The summed E-state index contributed by atoms with van der Waals surface area (Å²) in [6, 6.07) is 21.2. The van der Waals surface area contributed by atoms with Crippen LogP contribution in [-0.4, -0.2) is 42.1 Å². The number of amides is 1. The molecule has 0 bridgehead atoms. The predicted molar refractivity (Wildman–Crippen MR) is 135 cm³/mol. The average Bonchev–Trinajstić information content (AvgIpc) is 2.90. The molecule has 0 spiro atoms. The maximum atomic E-state index is 14.1. The second kappa shape index (κ2) is 10.3. The van der Waals surface area contributed by atoms with Gasteiger partial charge in [0.2, 0.25) is 5.91 Å². The fraction of sp³-hybridized carbons (Fsp3) is 0.400. The van der Waals surface area contributed by atoms with Crippen molar-refractivity contribution in [1.29, 1.82) is 0 Å². The number of aryl methyl sites for hydroxylation is 1. The monoisotopic (exact) mass is 472 g/mol. The van der Waals surface area contributed by atoms with Crippen LogP contribution in [0.5, 0.6) is 0 Å². The van der Waals surface area contributed by atoms with Crippen molar-refractivity contribution in [2.24, 2.45) is 0 Å². The number of carbonyl (C=O) groups is 1. The average molecular weight is 473 g/mol. The van der Waals surface area contributed by atoms with Crippen molar-refractivity contribution in [2.75, 3.05) is 26.3 Å². The molecular formula is C30H33FN2O2. The largest absolute Gasteiger partial charge is 0.381 e. The normalized spacial score (nSPS) is 19.9. The van der Waals surface area contributed by atoms with Gasteiger partial charge in [0.15, 0.2) is 0 Å². The number of nitrogens with zero attached hydrogens (tertiary/aromatic N) is 2. The lowest BCUT2D eigenvalue weighted by atomic mass is 9.72. The van der Waals surface area contributed by atoms with E-state index in [9.17, 15) is 9.18 Å². The summed E-state index contributed by atoms with van der Waals surface area (Å²) in [5, 5.41) is 0. The van der Waals surface area contributed by atoms with Crippen LogP contribution < -0.4 is 0 Å². The number of pyridine rings is 1. The first-order valence-electron chi connectivity index (χ1n) is 12.7. The van der Waals surface area contributed by atoms with Crippen LogP contribution in [0.25, 0.3) is 0 Å². The Bertz CT molecular complexity index is 1170. The molecule has 3 aromatic rings. The van der Waals surface area contributed by atoms with Crippen LogP contribution in [0.15, 0.2) is 66.7 Å². The van der Waals surface area contributed by atoms with E-state index in [0.29, 0.717) is 26.2 Å². The van der Waals surface area contributed by atoms with Crippen LogP contribution in [-0.2, 0) is 21.4 Å². The van der Waals surface area contributed by atoms with Crippen molar-refractivity contribution < 1.29 is 13.9 Å². The molecule has 1 unspecified atom stereocenters. The molecule has 5 rings (SSSR count). The summed E-state index contributed by atoms with van der Waals surface area (Å²) < 4.78 is 18.9. The van der Waals surface area contributed by atoms with Gasteiger partial charge in [-0.25, -0.2) is 4.39 Å². The molecule has 3 heterocycles. The number of piperidine rings is 1. The number of halogens is 1. The van der Waals surface area contributed by atoms with Gasteiger partial charge in [0.25, 0.3) is 0 Å². The van der Waals surface area contributed by atoms with Crippen molar-refractivity contribution in [3.63, 3.8) is 0 Å². The van der Waals surface area contributed by atoms with Gasteiger partial charge in [0.1, 0.15) is 5.82 Å². The van der Waals surface area contributed by atoms with Gasteiger partial charge in [0.05, 0.1) is 5.41 Å². The van der Waals surface area contributed by atoms with Crippen LogP contribution >= 0.6 is 0 Å². The Hall–Kier alpha value is -3.05. The lowest BCUT2D eigenvalue weighted by molar-refractivity contribution is -0.142. The van der Waals surface area contributed by atoms with Crippen molar-refractivity contribution >= 4 is 5.91 Å². The summed E-state index contributed by atoms with van der Waals surface area (Å²) >= 11 is 0. The minimum atomic E-state index is -0.510. The third-order valence-corrected chi connectivity index (χ3v) is 7.58. The van der Waals surface area contributed by atoms with Crippen molar-refractivity contribution in [3.05, 3.63) is 101 Å². The number of benzene rings is 2. The number of rotatable bonds is 5. The molecule has 0 N–H and O–H groups in total. The number of likely N-dealkylation sites (tertiary alicyclic amines) is 1. The smallest absolute Gasteiger partial charge is 0.233 e. The third kappa shape index (κ3) is 5.15. The Morgan fingerprint density at radius 3 is 2.63 bits per heavy atom. The summed E-state index contributed by atoms with van der Waals surface area (Å²) in [5.41, 5.74) is 4.84. The molecule has 1 aromatic heterocycles. The van der Waals surface area contributed by atoms with Gasteiger partial charge in [0, 0.05) is 50.0 Å². The molecule has 2 fully saturated rings. The van der Waals surface area contributed by atoms with E-state index in [-0.39, 0.29) is 17.6 Å². The molecule has 2 aliphatic rings. The van der Waals surface area contributed by atoms with Gasteiger partial charge in [-0.1, -0.05) is 48.0 Å². The molecule has 2 aromatic carbocycles. The third-order valence-electron chi connectivity index (χ3n) is 7.58. The Labute approximate surface area is 207 Å². The Kier molecular flexibility index (Phi) is 6.96. The second-order valence-corrected chi connectivity index (χ2v) is 10.0. The molecule has 4 nitrogen and oxygen atoms in total. The van der Waals surface area contributed by atoms with Gasteiger partial charge < -0.3 is 9.64 Å². The minimum absolute atomic E-state index is 0.218. The van der Waals surface area contributed by atoms with Crippen molar-refractivity contribution in [2.45, 2.75) is 50.4 Å². The van der Waals surface area contributed by atoms with E-state index in [4.69, 9.17) is 9.72 Å². The molecule has 5 heteroatoms. The number of hydrogen-bond donors (Lipinski definition) is 0. The van der Waals surface area contributed by atoms with Crippen LogP contribution in [0.3, 0.4) is 0 Å². The standard InChI is InChI=1S/C30H33FN2O2/c1-22-5-2-7-25(19-22)30(14-17-35-18-15-30)29(34)33-16-4-6-24(21-33)28-9-3-8-27(32-28)20-23-10-12-26(31)13-11-23/h2-3,5,7-13,19,24H,4,6,14-18,20-21H2,1H3. The van der Waals surface area contributed by atoms with E-state index in [1.165, 1.54) is 17.7 Å². The SMILES string of the molecule is Cc1cccc(C2(C(=O)N3CCCC(c4cccc(Cc5ccc(F)cc5)n4)C3)CCOCC2)c1. The fourth-order valence-corrected chi connectivity index (χ4v) is 5.63. The lowest BCUT2D eigenvalue weighted by Gasteiger charge is -2.43. The van der Waals surface area contributed by atoms with E-state index in [2.05, 4.69) is 48.2 Å². The molecular weight excluding hydrogens is 439 g/mol. The van der Waals surface area contributed by atoms with Gasteiger partial charge in [-0.05, 0) is 68.0 Å². The fourth-order valence-electron chi connectivity index (χ4n) is 5.63. The number of ether oxygens (including phenoxy) is 1. The molecule has 2 saturated heterocycles. The van der Waals surface area contributed by atoms with Gasteiger partial charge >= 0.3 is 0 Å². The minimum Gasteiger partial charge on any atom is -0.381 e. The number of aromatic nitrogens is 1. The van der Waals surface area contributed by atoms with E-state index < -0.39 is 5.41 Å². The molecule has 35 heavy (non-hydrogen) atoms. The molecule has 0 aliphatic carbocycles. The first-order chi connectivity index (χ1) is 17.0. The highest BCUT2D eigenvalue weighted by atomic mass is 19.1. The van der Waals surface area contributed by atoms with Gasteiger partial charge in [-0.2, -0.15) is 0 Å². The maximum Gasteiger partial charge on any atom is 0.233 e. The van der Waals surface area contributed by atoms with Gasteiger partial charge in [-0.3, -0.25) is 9.78 Å². The summed E-state index contributed by atoms with van der Waals surface area (Å²) in [4.78, 5) is 21.2. The number of hydrogen-bond acceptors (Lipinski definition) is 3. The Morgan fingerprint density at radius 1 is 1.09 bits per heavy atom. The zero-order chi connectivity index (χ0) is 24.3. The predicted octanol–water partition coefficient (Wildman–Crippen LogP) is 5.57. The highest BCUT2D eigenvalue weighted by molar-refractivity contribution is 5.88. The molecule has 1 atom stereocenters. The van der Waals surface area contributed by atoms with Crippen molar-refractivity contribution in [1.82, 2.24) is 9.88 Å². The lowest BCUT2D eigenvalue weighted by Crippen LogP contribution is -2.52.